The number of halogens is 1. The molecule has 21 heavy (non-hydrogen) atoms. The van der Waals surface area contributed by atoms with Crippen molar-refractivity contribution in [3.05, 3.63) is 57.1 Å². The topological polar surface area (TPSA) is 49.3 Å². The molecule has 0 radical (unpaired) electrons. The van der Waals surface area contributed by atoms with Crippen molar-refractivity contribution < 1.29 is 9.90 Å². The summed E-state index contributed by atoms with van der Waals surface area (Å²) in [5.74, 6) is -1.12. The van der Waals surface area contributed by atoms with Crippen LogP contribution in [0.1, 0.15) is 25.3 Å². The lowest BCUT2D eigenvalue weighted by atomic mass is 9.86. The Labute approximate surface area is 131 Å². The van der Waals surface area contributed by atoms with E-state index in [4.69, 9.17) is 11.6 Å². The first-order valence-corrected chi connectivity index (χ1v) is 9.29. The zero-order valence-electron chi connectivity index (χ0n) is 12.6. The second-order valence-corrected chi connectivity index (χ2v) is 8.07. The average Bonchev–Trinajstić information content (AvgIpc) is 2.36. The Kier molecular flexibility index (Phi) is 4.75. The molecule has 5 heteroatoms. The van der Waals surface area contributed by atoms with Gasteiger partial charge < -0.3 is 10.4 Å². The van der Waals surface area contributed by atoms with E-state index in [1.807, 2.05) is 32.0 Å². The molecule has 2 N–H and O–H groups in total. The first-order chi connectivity index (χ1) is 9.82. The van der Waals surface area contributed by atoms with Gasteiger partial charge in [0.05, 0.1) is 5.57 Å². The Morgan fingerprint density at radius 1 is 1.29 bits per heavy atom. The second kappa shape index (κ2) is 6.21. The van der Waals surface area contributed by atoms with Crippen LogP contribution in [-0.4, -0.2) is 24.4 Å². The maximum atomic E-state index is 11.8. The van der Waals surface area contributed by atoms with Crippen LogP contribution >= 0.6 is 19.5 Å². The standard InChI is InChI=1S/C16H19ClNO2P/c1-9-13(16(19)20)14(11-6-5-7-12(17)8-11)15(21(3)4)10(2)18-9/h5-8,14,18H,1-4H3,(H,19,20). The van der Waals surface area contributed by atoms with Gasteiger partial charge in [0.1, 0.15) is 0 Å². The highest BCUT2D eigenvalue weighted by Gasteiger charge is 2.34. The Morgan fingerprint density at radius 3 is 2.48 bits per heavy atom. The second-order valence-electron chi connectivity index (χ2n) is 5.36. The normalized spacial score (nSPS) is 19.0. The van der Waals surface area contributed by atoms with Gasteiger partial charge in [0.15, 0.2) is 0 Å². The Balaban J connectivity index is 2.67. The summed E-state index contributed by atoms with van der Waals surface area (Å²) >= 11 is 6.10. The van der Waals surface area contributed by atoms with Crippen LogP contribution < -0.4 is 5.32 Å². The van der Waals surface area contributed by atoms with Gasteiger partial charge in [0, 0.05) is 22.3 Å². The van der Waals surface area contributed by atoms with E-state index < -0.39 is 13.9 Å². The van der Waals surface area contributed by atoms with Gasteiger partial charge in [-0.15, -0.1) is 0 Å². The van der Waals surface area contributed by atoms with Crippen LogP contribution in [0.5, 0.6) is 0 Å². The third-order valence-electron chi connectivity index (χ3n) is 3.62. The molecule has 1 heterocycles. The molecule has 0 saturated carbocycles. The van der Waals surface area contributed by atoms with E-state index in [1.54, 1.807) is 6.07 Å². The lowest BCUT2D eigenvalue weighted by Crippen LogP contribution is -2.27. The fourth-order valence-electron chi connectivity index (χ4n) is 2.87. The maximum absolute atomic E-state index is 11.8. The summed E-state index contributed by atoms with van der Waals surface area (Å²) in [6, 6.07) is 7.49. The van der Waals surface area contributed by atoms with Crippen molar-refractivity contribution in [1.82, 2.24) is 5.32 Å². The number of rotatable bonds is 3. The predicted octanol–water partition coefficient (Wildman–Crippen LogP) is 4.36. The third kappa shape index (κ3) is 3.14. The Bertz CT molecular complexity index is 649. The van der Waals surface area contributed by atoms with Crippen LogP contribution in [-0.2, 0) is 4.79 Å². The molecular formula is C16H19ClNO2P. The smallest absolute Gasteiger partial charge is 0.334 e. The van der Waals surface area contributed by atoms with Gasteiger partial charge in [-0.1, -0.05) is 31.7 Å². The van der Waals surface area contributed by atoms with Gasteiger partial charge in [-0.2, -0.15) is 0 Å². The molecule has 0 aliphatic carbocycles. The molecule has 1 atom stereocenters. The fourth-order valence-corrected chi connectivity index (χ4v) is 4.59. The van der Waals surface area contributed by atoms with Gasteiger partial charge >= 0.3 is 5.97 Å². The number of carboxylic acids is 1. The van der Waals surface area contributed by atoms with Gasteiger partial charge in [-0.25, -0.2) is 4.79 Å². The van der Waals surface area contributed by atoms with Crippen LogP contribution in [0.25, 0.3) is 0 Å². The molecule has 112 valence electrons. The zero-order chi connectivity index (χ0) is 15.7. The van der Waals surface area contributed by atoms with Crippen molar-refractivity contribution in [1.29, 1.82) is 0 Å². The van der Waals surface area contributed by atoms with Crippen LogP contribution in [0, 0.1) is 0 Å². The van der Waals surface area contributed by atoms with E-state index in [1.165, 1.54) is 0 Å². The molecule has 1 aliphatic heterocycles. The van der Waals surface area contributed by atoms with Crippen molar-refractivity contribution in [3.8, 4) is 0 Å². The highest BCUT2D eigenvalue weighted by molar-refractivity contribution is 7.60. The van der Waals surface area contributed by atoms with Crippen molar-refractivity contribution in [2.45, 2.75) is 19.8 Å². The van der Waals surface area contributed by atoms with Crippen molar-refractivity contribution in [3.63, 3.8) is 0 Å². The number of benzene rings is 1. The molecule has 0 spiro atoms. The van der Waals surface area contributed by atoms with Crippen molar-refractivity contribution >= 4 is 25.5 Å². The Hall–Kier alpha value is -1.31. The van der Waals surface area contributed by atoms with Crippen molar-refractivity contribution in [2.75, 3.05) is 13.3 Å². The largest absolute Gasteiger partial charge is 0.478 e. The lowest BCUT2D eigenvalue weighted by molar-refractivity contribution is -0.133. The number of dihydropyridines is 1. The van der Waals surface area contributed by atoms with Crippen LogP contribution in [0.15, 0.2) is 46.5 Å². The fraction of sp³-hybridized carbons (Fsp3) is 0.312. The van der Waals surface area contributed by atoms with Crippen LogP contribution in [0.4, 0.5) is 0 Å². The molecule has 0 aromatic heterocycles. The molecule has 1 aliphatic rings. The molecule has 1 aromatic carbocycles. The van der Waals surface area contributed by atoms with E-state index in [9.17, 15) is 9.90 Å². The van der Waals surface area contributed by atoms with E-state index >= 15 is 0 Å². The predicted molar refractivity (Wildman–Crippen MR) is 89.1 cm³/mol. The third-order valence-corrected chi connectivity index (χ3v) is 5.41. The van der Waals surface area contributed by atoms with Gasteiger partial charge in [0.2, 0.25) is 0 Å². The highest BCUT2D eigenvalue weighted by Crippen LogP contribution is 2.52. The number of aliphatic carboxylic acids is 1. The summed E-state index contributed by atoms with van der Waals surface area (Å²) in [6.07, 6.45) is 0. The first-order valence-electron chi connectivity index (χ1n) is 6.67. The number of nitrogens with one attached hydrogen (secondary N) is 1. The van der Waals surface area contributed by atoms with Gasteiger partial charge in [-0.05, 0) is 50.2 Å². The summed E-state index contributed by atoms with van der Waals surface area (Å²) < 4.78 is 0. The molecular weight excluding hydrogens is 305 g/mol. The first kappa shape index (κ1) is 16.1. The lowest BCUT2D eigenvalue weighted by Gasteiger charge is -2.33. The molecule has 1 aromatic rings. The number of allylic oxidation sites excluding steroid dienone is 3. The monoisotopic (exact) mass is 323 g/mol. The van der Waals surface area contributed by atoms with E-state index in [-0.39, 0.29) is 5.92 Å². The van der Waals surface area contributed by atoms with E-state index in [2.05, 4.69) is 18.6 Å². The molecule has 1 unspecified atom stereocenters. The minimum atomic E-state index is -0.883. The number of hydrogen-bond acceptors (Lipinski definition) is 2. The van der Waals surface area contributed by atoms with Gasteiger partial charge in [0.25, 0.3) is 0 Å². The quantitative estimate of drug-likeness (QED) is 0.813. The average molecular weight is 324 g/mol. The number of carboxylic acid groups (broad SMARTS) is 1. The number of hydrogen-bond donors (Lipinski definition) is 2. The maximum Gasteiger partial charge on any atom is 0.334 e. The summed E-state index contributed by atoms with van der Waals surface area (Å²) in [6.45, 7) is 8.12. The Morgan fingerprint density at radius 2 is 1.95 bits per heavy atom. The van der Waals surface area contributed by atoms with E-state index in [0.717, 1.165) is 16.6 Å². The number of carbonyl (C=O) groups is 1. The SMILES string of the molecule is CC1=C(C(=O)O)C(c2cccc(Cl)c2)C(P(C)C)=C(C)N1. The summed E-state index contributed by atoms with van der Waals surface area (Å²) in [7, 11) is -0.424. The summed E-state index contributed by atoms with van der Waals surface area (Å²) in [4.78, 5) is 11.8. The zero-order valence-corrected chi connectivity index (χ0v) is 14.2. The van der Waals surface area contributed by atoms with Crippen molar-refractivity contribution in [2.24, 2.45) is 0 Å². The van der Waals surface area contributed by atoms with E-state index in [0.29, 0.717) is 16.3 Å². The summed E-state index contributed by atoms with van der Waals surface area (Å²) in [5, 5.41) is 14.7. The highest BCUT2D eigenvalue weighted by atomic mass is 35.5. The molecule has 3 nitrogen and oxygen atoms in total. The minimum Gasteiger partial charge on any atom is -0.478 e. The molecule has 2 rings (SSSR count). The van der Waals surface area contributed by atoms with Crippen LogP contribution in [0.2, 0.25) is 5.02 Å². The summed E-state index contributed by atoms with van der Waals surface area (Å²) in [5.41, 5.74) is 3.10. The van der Waals surface area contributed by atoms with Crippen LogP contribution in [0.3, 0.4) is 0 Å². The van der Waals surface area contributed by atoms with Gasteiger partial charge in [-0.3, -0.25) is 0 Å². The molecule has 0 fully saturated rings. The molecule has 0 amide bonds. The molecule has 0 saturated heterocycles. The molecule has 0 bridgehead atoms. The minimum absolute atomic E-state index is 0.233.